The van der Waals surface area contributed by atoms with Gasteiger partial charge in [-0.15, -0.1) is 0 Å². The number of para-hydroxylation sites is 1. The van der Waals surface area contributed by atoms with Gasteiger partial charge in [-0.05, 0) is 79.9 Å². The van der Waals surface area contributed by atoms with Gasteiger partial charge in [0, 0.05) is 16.5 Å². The number of hydrogen-bond donors (Lipinski definition) is 0. The van der Waals surface area contributed by atoms with Crippen molar-refractivity contribution in [2.75, 3.05) is 0 Å². The van der Waals surface area contributed by atoms with Crippen molar-refractivity contribution in [2.45, 2.75) is 24.7 Å². The Hall–Kier alpha value is -5.66. The Morgan fingerprint density at radius 2 is 0.830 bits per heavy atom. The van der Waals surface area contributed by atoms with Crippen LogP contribution in [0.1, 0.15) is 47.2 Å². The summed E-state index contributed by atoms with van der Waals surface area (Å²) in [5, 5.41) is 0. The maximum atomic E-state index is 6.69. The van der Waals surface area contributed by atoms with Crippen molar-refractivity contribution in [2.24, 2.45) is 0 Å². The molecule has 9 rings (SSSR count). The fourth-order valence-electron chi connectivity index (χ4n) is 8.23. The van der Waals surface area contributed by atoms with Gasteiger partial charge in [-0.2, -0.15) is 0 Å². The molecule has 0 saturated heterocycles. The van der Waals surface area contributed by atoms with Gasteiger partial charge in [0.05, 0.1) is 5.41 Å². The van der Waals surface area contributed by atoms with Gasteiger partial charge < -0.3 is 4.74 Å². The fourth-order valence-corrected chi connectivity index (χ4v) is 8.23. The second-order valence-corrected chi connectivity index (χ2v) is 13.3. The van der Waals surface area contributed by atoms with Crippen LogP contribution in [0.4, 0.5) is 0 Å². The predicted molar refractivity (Wildman–Crippen MR) is 193 cm³/mol. The van der Waals surface area contributed by atoms with Crippen molar-refractivity contribution in [1.29, 1.82) is 0 Å². The molecule has 7 aromatic rings. The standard InChI is InChI=1S/C46H34O/c1-45(2)39-22-12-11-21-37(39)38-27-25-31(29-41(38)45)35-19-9-10-20-36(35)32-26-28-44-42(30-32)46(33-15-5-3-6-16-33,34-17-7-4-8-18-34)40-23-13-14-24-43(40)47-44/h3-30H,1-2H3. The maximum absolute atomic E-state index is 6.69. The van der Waals surface area contributed by atoms with Crippen LogP contribution in [0, 0.1) is 0 Å². The summed E-state index contributed by atoms with van der Waals surface area (Å²) < 4.78 is 6.69. The predicted octanol–water partition coefficient (Wildman–Crippen LogP) is 11.8. The Morgan fingerprint density at radius 1 is 0.362 bits per heavy atom. The second-order valence-electron chi connectivity index (χ2n) is 13.3. The van der Waals surface area contributed by atoms with Crippen molar-refractivity contribution >= 4 is 0 Å². The molecule has 0 amide bonds. The lowest BCUT2D eigenvalue weighted by Gasteiger charge is -2.41. The summed E-state index contributed by atoms with van der Waals surface area (Å²) in [5.41, 5.74) is 14.4. The van der Waals surface area contributed by atoms with Crippen LogP contribution in [0.3, 0.4) is 0 Å². The minimum atomic E-state index is -0.555. The average molecular weight is 603 g/mol. The summed E-state index contributed by atoms with van der Waals surface area (Å²) in [6.45, 7) is 4.70. The van der Waals surface area contributed by atoms with Gasteiger partial charge >= 0.3 is 0 Å². The molecule has 0 radical (unpaired) electrons. The SMILES string of the molecule is CC1(C)c2ccccc2-c2ccc(-c3ccccc3-c3ccc4c(c3)C(c3ccccc3)(c3ccccc3)c3ccccc3O4)cc21. The monoisotopic (exact) mass is 602 g/mol. The number of benzene rings is 7. The molecular formula is C46H34O. The first kappa shape index (κ1) is 27.6. The molecule has 224 valence electrons. The minimum absolute atomic E-state index is 0.0571. The van der Waals surface area contributed by atoms with E-state index in [-0.39, 0.29) is 5.41 Å². The molecule has 0 N–H and O–H groups in total. The van der Waals surface area contributed by atoms with E-state index < -0.39 is 5.41 Å². The maximum Gasteiger partial charge on any atom is 0.132 e. The Bertz CT molecular complexity index is 2260. The number of fused-ring (bicyclic) bond motifs is 5. The van der Waals surface area contributed by atoms with E-state index in [0.29, 0.717) is 0 Å². The van der Waals surface area contributed by atoms with E-state index in [1.807, 2.05) is 0 Å². The summed E-state index contributed by atoms with van der Waals surface area (Å²) >= 11 is 0. The van der Waals surface area contributed by atoms with Crippen LogP contribution >= 0.6 is 0 Å². The smallest absolute Gasteiger partial charge is 0.132 e. The molecular weight excluding hydrogens is 569 g/mol. The molecule has 1 aliphatic heterocycles. The molecule has 0 aromatic heterocycles. The fraction of sp³-hybridized carbons (Fsp3) is 0.0870. The van der Waals surface area contributed by atoms with Crippen molar-refractivity contribution in [3.63, 3.8) is 0 Å². The van der Waals surface area contributed by atoms with E-state index in [1.54, 1.807) is 0 Å². The summed E-state index contributed by atoms with van der Waals surface area (Å²) in [7, 11) is 0. The number of hydrogen-bond acceptors (Lipinski definition) is 1. The van der Waals surface area contributed by atoms with E-state index in [4.69, 9.17) is 4.74 Å². The lowest BCUT2D eigenvalue weighted by Crippen LogP contribution is -2.34. The normalized spacial score (nSPS) is 14.7. The van der Waals surface area contributed by atoms with E-state index in [0.717, 1.165) is 22.6 Å². The molecule has 0 bridgehead atoms. The molecule has 1 aliphatic carbocycles. The van der Waals surface area contributed by atoms with Gasteiger partial charge in [0.2, 0.25) is 0 Å². The molecule has 0 unspecified atom stereocenters. The summed E-state index contributed by atoms with van der Waals surface area (Å²) in [6.07, 6.45) is 0. The van der Waals surface area contributed by atoms with Gasteiger partial charge in [0.1, 0.15) is 11.5 Å². The highest BCUT2D eigenvalue weighted by Gasteiger charge is 2.45. The molecule has 0 atom stereocenters. The molecule has 1 heteroatoms. The van der Waals surface area contributed by atoms with Crippen LogP contribution in [-0.2, 0) is 10.8 Å². The van der Waals surface area contributed by atoms with E-state index in [2.05, 4.69) is 184 Å². The summed E-state index contributed by atoms with van der Waals surface area (Å²) in [5.74, 6) is 1.78. The van der Waals surface area contributed by atoms with Crippen LogP contribution in [0.5, 0.6) is 11.5 Å². The quantitative estimate of drug-likeness (QED) is 0.195. The largest absolute Gasteiger partial charge is 0.457 e. The van der Waals surface area contributed by atoms with Crippen molar-refractivity contribution < 1.29 is 4.74 Å². The van der Waals surface area contributed by atoms with Crippen LogP contribution < -0.4 is 4.74 Å². The molecule has 1 heterocycles. The lowest BCUT2D eigenvalue weighted by molar-refractivity contribution is 0.434. The molecule has 0 spiro atoms. The van der Waals surface area contributed by atoms with Crippen molar-refractivity contribution in [1.82, 2.24) is 0 Å². The molecule has 2 aliphatic rings. The Labute approximate surface area is 276 Å². The Balaban J connectivity index is 1.26. The van der Waals surface area contributed by atoms with E-state index >= 15 is 0 Å². The molecule has 7 aromatic carbocycles. The second kappa shape index (κ2) is 10.4. The lowest BCUT2D eigenvalue weighted by atomic mass is 9.63. The topological polar surface area (TPSA) is 9.23 Å². The van der Waals surface area contributed by atoms with Gasteiger partial charge in [0.15, 0.2) is 0 Å². The molecule has 1 nitrogen and oxygen atoms in total. The first-order chi connectivity index (χ1) is 23.1. The molecule has 0 fully saturated rings. The third-order valence-corrected chi connectivity index (χ3v) is 10.4. The van der Waals surface area contributed by atoms with Crippen LogP contribution in [0.2, 0.25) is 0 Å². The highest BCUT2D eigenvalue weighted by atomic mass is 16.5. The van der Waals surface area contributed by atoms with Crippen molar-refractivity contribution in [3.8, 4) is 44.9 Å². The van der Waals surface area contributed by atoms with E-state index in [9.17, 15) is 0 Å². The van der Waals surface area contributed by atoms with E-state index in [1.165, 1.54) is 55.6 Å². The highest BCUT2D eigenvalue weighted by Crippen LogP contribution is 2.56. The Kier molecular flexibility index (Phi) is 6.14. The zero-order chi connectivity index (χ0) is 31.6. The average Bonchev–Trinajstić information content (AvgIpc) is 3.36. The first-order valence-corrected chi connectivity index (χ1v) is 16.4. The van der Waals surface area contributed by atoms with Gasteiger partial charge in [-0.25, -0.2) is 0 Å². The first-order valence-electron chi connectivity index (χ1n) is 16.4. The molecule has 0 saturated carbocycles. The van der Waals surface area contributed by atoms with Crippen molar-refractivity contribution in [3.05, 3.63) is 203 Å². The van der Waals surface area contributed by atoms with Gasteiger partial charge in [-0.3, -0.25) is 0 Å². The van der Waals surface area contributed by atoms with Gasteiger partial charge in [0.25, 0.3) is 0 Å². The van der Waals surface area contributed by atoms with Gasteiger partial charge in [-0.1, -0.05) is 159 Å². The number of ether oxygens (including phenoxy) is 1. The third kappa shape index (κ3) is 4.03. The highest BCUT2D eigenvalue weighted by molar-refractivity contribution is 5.89. The zero-order valence-corrected chi connectivity index (χ0v) is 26.6. The van der Waals surface area contributed by atoms with Crippen LogP contribution in [0.25, 0.3) is 33.4 Å². The summed E-state index contributed by atoms with van der Waals surface area (Å²) in [6, 6.07) is 61.8. The minimum Gasteiger partial charge on any atom is -0.457 e. The number of rotatable bonds is 4. The zero-order valence-electron chi connectivity index (χ0n) is 26.6. The Morgan fingerprint density at radius 3 is 1.49 bits per heavy atom. The summed E-state index contributed by atoms with van der Waals surface area (Å²) in [4.78, 5) is 0. The van der Waals surface area contributed by atoms with Crippen LogP contribution in [-0.4, -0.2) is 0 Å². The molecule has 47 heavy (non-hydrogen) atoms. The van der Waals surface area contributed by atoms with Crippen LogP contribution in [0.15, 0.2) is 170 Å². The third-order valence-electron chi connectivity index (χ3n) is 10.4.